The van der Waals surface area contributed by atoms with Gasteiger partial charge in [-0.3, -0.25) is 4.79 Å². The first-order valence-corrected chi connectivity index (χ1v) is 11.9. The second kappa shape index (κ2) is 8.93. The lowest BCUT2D eigenvalue weighted by Crippen LogP contribution is -2.28. The molecule has 0 radical (unpaired) electrons. The number of aromatic nitrogens is 2. The molecule has 0 atom stereocenters. The molecule has 0 aliphatic rings. The zero-order chi connectivity index (χ0) is 21.8. The molecule has 0 unspecified atom stereocenters. The Balaban J connectivity index is 1.36. The van der Waals surface area contributed by atoms with Gasteiger partial charge < -0.3 is 5.32 Å². The highest BCUT2D eigenvalue weighted by Gasteiger charge is 2.17. The van der Waals surface area contributed by atoms with Crippen LogP contribution in [-0.2, 0) is 14.8 Å². The van der Waals surface area contributed by atoms with Crippen molar-refractivity contribution < 1.29 is 13.2 Å². The zero-order valence-electron chi connectivity index (χ0n) is 16.7. The maximum Gasteiger partial charge on any atom is 0.241 e. The first-order chi connectivity index (χ1) is 14.9. The number of carbonyl (C=O) groups excluding carboxylic acids is 1. The van der Waals surface area contributed by atoms with Crippen molar-refractivity contribution in [2.24, 2.45) is 0 Å². The van der Waals surface area contributed by atoms with Crippen LogP contribution in [0.2, 0.25) is 0 Å². The number of carbonyl (C=O) groups is 1. The fourth-order valence-corrected chi connectivity index (χ4v) is 5.17. The van der Waals surface area contributed by atoms with Gasteiger partial charge in [0, 0.05) is 23.9 Å². The Morgan fingerprint density at radius 2 is 1.77 bits per heavy atom. The maximum absolute atomic E-state index is 12.7. The first-order valence-electron chi connectivity index (χ1n) is 9.60. The number of aryl methyl sites for hydroxylation is 1. The predicted octanol–water partition coefficient (Wildman–Crippen LogP) is 3.97. The maximum atomic E-state index is 12.7. The van der Waals surface area contributed by atoms with Crippen LogP contribution in [-0.4, -0.2) is 31.1 Å². The lowest BCUT2D eigenvalue weighted by atomic mass is 10.1. The summed E-state index contributed by atoms with van der Waals surface area (Å²) in [5.74, 6) is -0.340. The number of sulfonamides is 1. The number of nitrogens with one attached hydrogen (secondary N) is 2. The monoisotopic (exact) mass is 452 g/mol. The van der Waals surface area contributed by atoms with Crippen LogP contribution in [0.15, 0.2) is 71.6 Å². The fourth-order valence-electron chi connectivity index (χ4n) is 3.16. The normalized spacial score (nSPS) is 11.5. The summed E-state index contributed by atoms with van der Waals surface area (Å²) in [6, 6.07) is 20.2. The molecule has 9 heteroatoms. The number of amides is 1. The largest absolute Gasteiger partial charge is 0.300 e. The highest BCUT2D eigenvalue weighted by molar-refractivity contribution is 7.89. The highest BCUT2D eigenvalue weighted by atomic mass is 32.2. The van der Waals surface area contributed by atoms with Crippen molar-refractivity contribution in [2.45, 2.75) is 18.2 Å². The van der Waals surface area contributed by atoms with Crippen LogP contribution in [0, 0.1) is 6.92 Å². The smallest absolute Gasteiger partial charge is 0.241 e. The molecule has 0 aliphatic heterocycles. The van der Waals surface area contributed by atoms with Gasteiger partial charge in [0.15, 0.2) is 0 Å². The van der Waals surface area contributed by atoms with Gasteiger partial charge in [-0.25, -0.2) is 13.1 Å². The van der Waals surface area contributed by atoms with E-state index >= 15 is 0 Å². The van der Waals surface area contributed by atoms with Gasteiger partial charge in [-0.05, 0) is 24.4 Å². The molecule has 1 amide bonds. The van der Waals surface area contributed by atoms with Crippen LogP contribution in [0.4, 0.5) is 5.13 Å². The summed E-state index contributed by atoms with van der Waals surface area (Å²) in [6.45, 7) is 1.97. The molecule has 1 aromatic heterocycles. The molecule has 7 nitrogen and oxygen atoms in total. The van der Waals surface area contributed by atoms with E-state index in [0.717, 1.165) is 16.5 Å². The minimum Gasteiger partial charge on any atom is -0.300 e. The number of hydrogen-bond acceptors (Lipinski definition) is 6. The van der Waals surface area contributed by atoms with Gasteiger partial charge in [-0.15, -0.1) is 10.2 Å². The van der Waals surface area contributed by atoms with Crippen molar-refractivity contribution >= 4 is 43.2 Å². The molecule has 1 heterocycles. The van der Waals surface area contributed by atoms with Gasteiger partial charge in [0.25, 0.3) is 0 Å². The summed E-state index contributed by atoms with van der Waals surface area (Å²) in [6.07, 6.45) is -0.0244. The number of hydrogen-bond donors (Lipinski definition) is 2. The number of anilines is 1. The molecule has 4 aromatic rings. The van der Waals surface area contributed by atoms with E-state index in [-0.39, 0.29) is 23.8 Å². The minimum atomic E-state index is -3.75. The first kappa shape index (κ1) is 21.1. The topological polar surface area (TPSA) is 101 Å². The Bertz CT molecular complexity index is 1340. The molecule has 0 spiro atoms. The summed E-state index contributed by atoms with van der Waals surface area (Å²) in [5.41, 5.74) is 2.04. The molecule has 158 valence electrons. The highest BCUT2D eigenvalue weighted by Crippen LogP contribution is 2.27. The predicted molar refractivity (Wildman–Crippen MR) is 122 cm³/mol. The summed E-state index contributed by atoms with van der Waals surface area (Å²) < 4.78 is 27.9. The quantitative estimate of drug-likeness (QED) is 0.442. The molecule has 0 bridgehead atoms. The molecule has 0 fully saturated rings. The van der Waals surface area contributed by atoms with Crippen molar-refractivity contribution in [1.82, 2.24) is 14.9 Å². The molecule has 2 N–H and O–H groups in total. The van der Waals surface area contributed by atoms with E-state index in [9.17, 15) is 13.2 Å². The summed E-state index contributed by atoms with van der Waals surface area (Å²) in [5, 5.41) is 13.3. The van der Waals surface area contributed by atoms with E-state index in [1.54, 1.807) is 24.3 Å². The minimum absolute atomic E-state index is 0.0244. The third-order valence-corrected chi connectivity index (χ3v) is 7.03. The molecule has 0 aliphatic carbocycles. The van der Waals surface area contributed by atoms with Crippen LogP contribution in [0.5, 0.6) is 0 Å². The molecule has 3 aromatic carbocycles. The van der Waals surface area contributed by atoms with Crippen LogP contribution < -0.4 is 10.0 Å². The van der Waals surface area contributed by atoms with Gasteiger partial charge in [0.05, 0.1) is 4.90 Å². The Hall–Kier alpha value is -3.14. The molecule has 0 saturated carbocycles. The van der Waals surface area contributed by atoms with Crippen molar-refractivity contribution in [3.8, 4) is 10.6 Å². The number of benzene rings is 3. The third kappa shape index (κ3) is 4.96. The van der Waals surface area contributed by atoms with Crippen molar-refractivity contribution in [3.63, 3.8) is 0 Å². The van der Waals surface area contributed by atoms with Gasteiger partial charge in [-0.2, -0.15) is 0 Å². The van der Waals surface area contributed by atoms with Crippen molar-refractivity contribution in [3.05, 3.63) is 72.3 Å². The molecule has 31 heavy (non-hydrogen) atoms. The van der Waals surface area contributed by atoms with E-state index in [4.69, 9.17) is 0 Å². The standard InChI is InChI=1S/C22H20N4O3S2/c1-15-6-4-9-17(14-15)21-25-26-22(30-21)24-20(27)12-13-23-31(28,29)19-11-5-8-16-7-2-3-10-18(16)19/h2-11,14,23H,12-13H2,1H3,(H,24,26,27). The number of nitrogens with zero attached hydrogens (tertiary/aromatic N) is 2. The summed E-state index contributed by atoms with van der Waals surface area (Å²) in [7, 11) is -3.75. The Labute approximate surface area is 184 Å². The van der Waals surface area contributed by atoms with Crippen molar-refractivity contribution in [2.75, 3.05) is 11.9 Å². The van der Waals surface area contributed by atoms with Gasteiger partial charge in [-0.1, -0.05) is 71.5 Å². The SMILES string of the molecule is Cc1cccc(-c2nnc(NC(=O)CCNS(=O)(=O)c3cccc4ccccc34)s2)c1. The van der Waals surface area contributed by atoms with Crippen LogP contribution in [0.25, 0.3) is 21.3 Å². The van der Waals surface area contributed by atoms with Gasteiger partial charge in [0.1, 0.15) is 5.01 Å². The van der Waals surface area contributed by atoms with Crippen molar-refractivity contribution in [1.29, 1.82) is 0 Å². The van der Waals surface area contributed by atoms with E-state index in [2.05, 4.69) is 20.2 Å². The number of fused-ring (bicyclic) bond motifs is 1. The third-order valence-electron chi connectivity index (χ3n) is 4.62. The van der Waals surface area contributed by atoms with Crippen LogP contribution in [0.1, 0.15) is 12.0 Å². The van der Waals surface area contributed by atoms with E-state index in [1.807, 2.05) is 49.4 Å². The van der Waals surface area contributed by atoms with Gasteiger partial charge in [0.2, 0.25) is 21.1 Å². The van der Waals surface area contributed by atoms with Gasteiger partial charge >= 0.3 is 0 Å². The van der Waals surface area contributed by atoms with E-state index in [0.29, 0.717) is 15.5 Å². The van der Waals surface area contributed by atoms with Crippen LogP contribution in [0.3, 0.4) is 0 Å². The molecule has 4 rings (SSSR count). The lowest BCUT2D eigenvalue weighted by molar-refractivity contribution is -0.116. The lowest BCUT2D eigenvalue weighted by Gasteiger charge is -2.09. The Kier molecular flexibility index (Phi) is 6.08. The Morgan fingerprint density at radius 1 is 1.00 bits per heavy atom. The average molecular weight is 453 g/mol. The Morgan fingerprint density at radius 3 is 2.61 bits per heavy atom. The molecule has 0 saturated heterocycles. The van der Waals surface area contributed by atoms with E-state index < -0.39 is 10.0 Å². The molecular formula is C22H20N4O3S2. The second-order valence-electron chi connectivity index (χ2n) is 6.96. The molecular weight excluding hydrogens is 432 g/mol. The summed E-state index contributed by atoms with van der Waals surface area (Å²) >= 11 is 1.27. The summed E-state index contributed by atoms with van der Waals surface area (Å²) in [4.78, 5) is 12.4. The second-order valence-corrected chi connectivity index (χ2v) is 9.67. The van der Waals surface area contributed by atoms with Crippen LogP contribution >= 0.6 is 11.3 Å². The fraction of sp³-hybridized carbons (Fsp3) is 0.136. The zero-order valence-corrected chi connectivity index (χ0v) is 18.3. The number of rotatable bonds is 7. The average Bonchev–Trinajstić information content (AvgIpc) is 3.21. The van der Waals surface area contributed by atoms with E-state index in [1.165, 1.54) is 11.3 Å².